The maximum absolute atomic E-state index is 11.3. The van der Waals surface area contributed by atoms with E-state index in [1.807, 2.05) is 24.3 Å². The highest BCUT2D eigenvalue weighted by Gasteiger charge is 2.25. The van der Waals surface area contributed by atoms with E-state index in [0.717, 1.165) is 23.0 Å². The van der Waals surface area contributed by atoms with Crippen LogP contribution in [-0.2, 0) is 4.79 Å². The molecule has 0 aromatic heterocycles. The van der Waals surface area contributed by atoms with Gasteiger partial charge in [0, 0.05) is 11.0 Å². The highest BCUT2D eigenvalue weighted by molar-refractivity contribution is 9.10. The lowest BCUT2D eigenvalue weighted by Gasteiger charge is -2.06. The highest BCUT2D eigenvalue weighted by atomic mass is 79.9. The molecule has 13 heavy (non-hydrogen) atoms. The molecule has 1 atom stereocenters. The summed E-state index contributed by atoms with van der Waals surface area (Å²) in [6.07, 6.45) is 0.917. The zero-order valence-corrected chi connectivity index (χ0v) is 8.67. The predicted octanol–water partition coefficient (Wildman–Crippen LogP) is 2.05. The monoisotopic (exact) mass is 239 g/mol. The van der Waals surface area contributed by atoms with Crippen LogP contribution in [0.4, 0.5) is 0 Å². The molecule has 0 radical (unpaired) electrons. The summed E-state index contributed by atoms with van der Waals surface area (Å²) >= 11 is 3.37. The molecule has 0 bridgehead atoms. The van der Waals surface area contributed by atoms with Crippen molar-refractivity contribution in [3.63, 3.8) is 0 Å². The van der Waals surface area contributed by atoms with E-state index >= 15 is 0 Å². The summed E-state index contributed by atoms with van der Waals surface area (Å²) in [5.41, 5.74) is 1.11. The highest BCUT2D eigenvalue weighted by Crippen LogP contribution is 2.24. The third-order valence-corrected chi connectivity index (χ3v) is 2.85. The van der Waals surface area contributed by atoms with Crippen LogP contribution in [-0.4, -0.2) is 12.5 Å². The van der Waals surface area contributed by atoms with Crippen molar-refractivity contribution in [1.29, 1.82) is 0 Å². The van der Waals surface area contributed by atoms with Gasteiger partial charge in [-0.15, -0.1) is 0 Å². The van der Waals surface area contributed by atoms with Crippen LogP contribution in [0.2, 0.25) is 0 Å². The molecule has 1 heterocycles. The maximum atomic E-state index is 11.3. The molecule has 1 aromatic carbocycles. The Morgan fingerprint density at radius 3 is 2.54 bits per heavy atom. The topological polar surface area (TPSA) is 29.1 Å². The number of carbonyl (C=O) groups is 1. The zero-order valence-electron chi connectivity index (χ0n) is 7.09. The van der Waals surface area contributed by atoms with Crippen LogP contribution in [0.3, 0.4) is 0 Å². The van der Waals surface area contributed by atoms with Gasteiger partial charge in [0.2, 0.25) is 5.91 Å². The van der Waals surface area contributed by atoms with E-state index in [-0.39, 0.29) is 11.8 Å². The summed E-state index contributed by atoms with van der Waals surface area (Å²) in [5, 5.41) is 2.83. The Morgan fingerprint density at radius 2 is 2.00 bits per heavy atom. The van der Waals surface area contributed by atoms with Gasteiger partial charge in [-0.2, -0.15) is 0 Å². The summed E-state index contributed by atoms with van der Waals surface area (Å²) in [5.74, 6) is 0.218. The average Bonchev–Trinajstić information content (AvgIpc) is 2.53. The molecule has 1 saturated heterocycles. The first kappa shape index (κ1) is 8.75. The van der Waals surface area contributed by atoms with Gasteiger partial charge < -0.3 is 5.32 Å². The molecule has 1 fully saturated rings. The molecule has 0 saturated carbocycles. The molecular weight excluding hydrogens is 230 g/mol. The SMILES string of the molecule is O=C1NCCC1c1ccc(Br)cc1. The number of rotatable bonds is 1. The fraction of sp³-hybridized carbons (Fsp3) is 0.300. The van der Waals surface area contributed by atoms with Crippen molar-refractivity contribution in [3.8, 4) is 0 Å². The van der Waals surface area contributed by atoms with Crippen LogP contribution in [0.15, 0.2) is 28.7 Å². The number of hydrogen-bond acceptors (Lipinski definition) is 1. The van der Waals surface area contributed by atoms with Crippen molar-refractivity contribution in [3.05, 3.63) is 34.3 Å². The fourth-order valence-corrected chi connectivity index (χ4v) is 1.87. The molecule has 1 aromatic rings. The lowest BCUT2D eigenvalue weighted by molar-refractivity contribution is -0.120. The molecule has 0 aliphatic carbocycles. The van der Waals surface area contributed by atoms with Gasteiger partial charge in [0.25, 0.3) is 0 Å². The second-order valence-corrected chi connectivity index (χ2v) is 4.10. The van der Waals surface area contributed by atoms with Crippen molar-refractivity contribution >= 4 is 21.8 Å². The molecule has 3 heteroatoms. The van der Waals surface area contributed by atoms with Gasteiger partial charge in [-0.05, 0) is 24.1 Å². The Balaban J connectivity index is 2.25. The molecule has 0 spiro atoms. The van der Waals surface area contributed by atoms with Crippen LogP contribution in [0.1, 0.15) is 17.9 Å². The van der Waals surface area contributed by atoms with Gasteiger partial charge >= 0.3 is 0 Å². The van der Waals surface area contributed by atoms with E-state index in [1.165, 1.54) is 0 Å². The average molecular weight is 240 g/mol. The number of benzene rings is 1. The molecule has 68 valence electrons. The molecule has 1 aliphatic heterocycles. The Kier molecular flexibility index (Phi) is 2.36. The Hall–Kier alpha value is -0.830. The van der Waals surface area contributed by atoms with Crippen molar-refractivity contribution in [2.75, 3.05) is 6.54 Å². The quantitative estimate of drug-likeness (QED) is 0.799. The largest absolute Gasteiger partial charge is 0.356 e. The van der Waals surface area contributed by atoms with Crippen LogP contribution >= 0.6 is 15.9 Å². The number of carbonyl (C=O) groups excluding carboxylic acids is 1. The van der Waals surface area contributed by atoms with Gasteiger partial charge in [-0.25, -0.2) is 0 Å². The number of hydrogen-bond donors (Lipinski definition) is 1. The van der Waals surface area contributed by atoms with Gasteiger partial charge in [0.15, 0.2) is 0 Å². The summed E-state index contributed by atoms with van der Waals surface area (Å²) in [4.78, 5) is 11.3. The number of amides is 1. The Labute approximate surface area is 85.5 Å². The summed E-state index contributed by atoms with van der Waals surface area (Å²) < 4.78 is 1.05. The van der Waals surface area contributed by atoms with Crippen LogP contribution in [0.25, 0.3) is 0 Å². The second kappa shape index (κ2) is 3.50. The smallest absolute Gasteiger partial charge is 0.227 e. The number of nitrogens with one attached hydrogen (secondary N) is 1. The van der Waals surface area contributed by atoms with Gasteiger partial charge in [-0.3, -0.25) is 4.79 Å². The maximum Gasteiger partial charge on any atom is 0.227 e. The Bertz CT molecular complexity index is 320. The third-order valence-electron chi connectivity index (χ3n) is 2.32. The number of halogens is 1. The fourth-order valence-electron chi connectivity index (χ4n) is 1.61. The summed E-state index contributed by atoms with van der Waals surface area (Å²) in [6, 6.07) is 7.95. The molecule has 1 aliphatic rings. The van der Waals surface area contributed by atoms with Crippen molar-refractivity contribution in [2.45, 2.75) is 12.3 Å². The van der Waals surface area contributed by atoms with Gasteiger partial charge in [0.1, 0.15) is 0 Å². The molecule has 2 nitrogen and oxygen atoms in total. The lowest BCUT2D eigenvalue weighted by Crippen LogP contribution is -2.17. The standard InChI is InChI=1S/C10H10BrNO/c11-8-3-1-7(2-4-8)9-5-6-12-10(9)13/h1-4,9H,5-6H2,(H,12,13). The van der Waals surface area contributed by atoms with Crippen LogP contribution in [0, 0.1) is 0 Å². The van der Waals surface area contributed by atoms with Crippen LogP contribution in [0.5, 0.6) is 0 Å². The minimum atomic E-state index is 0.0631. The first-order valence-corrected chi connectivity index (χ1v) is 5.10. The zero-order chi connectivity index (χ0) is 9.26. The normalized spacial score (nSPS) is 21.6. The first-order chi connectivity index (χ1) is 6.27. The van der Waals surface area contributed by atoms with E-state index in [0.29, 0.717) is 0 Å². The molecule has 1 N–H and O–H groups in total. The van der Waals surface area contributed by atoms with Gasteiger partial charge in [-0.1, -0.05) is 28.1 Å². The first-order valence-electron chi connectivity index (χ1n) is 4.30. The van der Waals surface area contributed by atoms with Gasteiger partial charge in [0.05, 0.1) is 5.92 Å². The van der Waals surface area contributed by atoms with E-state index in [4.69, 9.17) is 0 Å². The molecule has 1 amide bonds. The van der Waals surface area contributed by atoms with E-state index in [1.54, 1.807) is 0 Å². The third kappa shape index (κ3) is 1.75. The molecular formula is C10H10BrNO. The van der Waals surface area contributed by atoms with Crippen molar-refractivity contribution < 1.29 is 4.79 Å². The lowest BCUT2D eigenvalue weighted by atomic mass is 9.98. The second-order valence-electron chi connectivity index (χ2n) is 3.18. The molecule has 1 unspecified atom stereocenters. The van der Waals surface area contributed by atoms with Crippen molar-refractivity contribution in [2.24, 2.45) is 0 Å². The van der Waals surface area contributed by atoms with E-state index < -0.39 is 0 Å². The predicted molar refractivity (Wildman–Crippen MR) is 54.5 cm³/mol. The summed E-state index contributed by atoms with van der Waals surface area (Å²) in [6.45, 7) is 0.805. The minimum Gasteiger partial charge on any atom is -0.356 e. The Morgan fingerprint density at radius 1 is 1.31 bits per heavy atom. The van der Waals surface area contributed by atoms with E-state index in [9.17, 15) is 4.79 Å². The van der Waals surface area contributed by atoms with E-state index in [2.05, 4.69) is 21.2 Å². The summed E-state index contributed by atoms with van der Waals surface area (Å²) in [7, 11) is 0. The minimum absolute atomic E-state index is 0.0631. The van der Waals surface area contributed by atoms with Crippen LogP contribution < -0.4 is 5.32 Å². The molecule has 2 rings (SSSR count). The van der Waals surface area contributed by atoms with Crippen molar-refractivity contribution in [1.82, 2.24) is 5.32 Å².